The summed E-state index contributed by atoms with van der Waals surface area (Å²) < 4.78 is 2.11. The van der Waals surface area contributed by atoms with Crippen LogP contribution >= 0.6 is 0 Å². The molecular weight excluding hydrogens is 186 g/mol. The molecule has 1 aromatic heterocycles. The van der Waals surface area contributed by atoms with Crippen molar-refractivity contribution < 1.29 is 9.67 Å². The van der Waals surface area contributed by atoms with Crippen LogP contribution in [-0.2, 0) is 13.0 Å². The van der Waals surface area contributed by atoms with E-state index >= 15 is 0 Å². The molecule has 15 heavy (non-hydrogen) atoms. The van der Waals surface area contributed by atoms with Crippen molar-refractivity contribution in [3.8, 4) is 5.75 Å². The Hall–Kier alpha value is -1.83. The predicted octanol–water partition coefficient (Wildman–Crippen LogP) is 1.63. The Morgan fingerprint density at radius 3 is 2.67 bits per heavy atom. The quantitative estimate of drug-likeness (QED) is 0.545. The van der Waals surface area contributed by atoms with E-state index in [1.165, 1.54) is 16.8 Å². The van der Waals surface area contributed by atoms with E-state index in [1.807, 2.05) is 6.07 Å². The summed E-state index contributed by atoms with van der Waals surface area (Å²) in [6.45, 7) is 0.861. The van der Waals surface area contributed by atoms with Gasteiger partial charge in [0.2, 0.25) is 6.20 Å². The summed E-state index contributed by atoms with van der Waals surface area (Å²) in [6, 6.07) is 12.2. The number of hydrogen-bond donors (Lipinski definition) is 1. The molecule has 2 heteroatoms. The molecule has 1 aromatic carbocycles. The van der Waals surface area contributed by atoms with Crippen LogP contribution in [0.4, 0.5) is 0 Å². The zero-order valence-corrected chi connectivity index (χ0v) is 8.35. The number of fused-ring (bicyclic) bond motifs is 2. The fraction of sp³-hybridized carbons (Fsp3) is 0.154. The minimum Gasteiger partial charge on any atom is -0.503 e. The summed E-state index contributed by atoms with van der Waals surface area (Å²) in [6.07, 6.45) is 2.75. The monoisotopic (exact) mass is 198 g/mol. The maximum atomic E-state index is 9.42. The average Bonchev–Trinajstić information content (AvgIpc) is 2.26. The highest BCUT2D eigenvalue weighted by Gasteiger charge is 2.20. The van der Waals surface area contributed by atoms with Gasteiger partial charge in [-0.2, -0.15) is 4.57 Å². The van der Waals surface area contributed by atoms with Crippen molar-refractivity contribution in [3.63, 3.8) is 0 Å². The highest BCUT2D eigenvalue weighted by molar-refractivity contribution is 5.31. The van der Waals surface area contributed by atoms with Crippen LogP contribution in [0.3, 0.4) is 0 Å². The number of aromatic hydroxyl groups is 1. The molecule has 1 aliphatic rings. The van der Waals surface area contributed by atoms with E-state index in [-0.39, 0.29) is 0 Å². The van der Waals surface area contributed by atoms with E-state index in [4.69, 9.17) is 0 Å². The number of benzene rings is 1. The fourth-order valence-electron chi connectivity index (χ4n) is 2.13. The normalized spacial score (nSPS) is 13.1. The smallest absolute Gasteiger partial charge is 0.211 e. The molecule has 3 rings (SSSR count). The van der Waals surface area contributed by atoms with Gasteiger partial charge in [-0.25, -0.2) is 0 Å². The molecule has 0 radical (unpaired) electrons. The molecule has 74 valence electrons. The summed E-state index contributed by atoms with van der Waals surface area (Å²) in [7, 11) is 0. The van der Waals surface area contributed by atoms with E-state index < -0.39 is 0 Å². The molecular formula is C13H12NO+. The lowest BCUT2D eigenvalue weighted by molar-refractivity contribution is -0.697. The topological polar surface area (TPSA) is 24.1 Å². The van der Waals surface area contributed by atoms with Crippen LogP contribution in [0.1, 0.15) is 16.8 Å². The lowest BCUT2D eigenvalue weighted by Crippen LogP contribution is -2.41. The molecule has 0 bridgehead atoms. The predicted molar refractivity (Wildman–Crippen MR) is 56.7 cm³/mol. The fourth-order valence-corrected chi connectivity index (χ4v) is 2.13. The molecule has 1 N–H and O–H groups in total. The van der Waals surface area contributed by atoms with Gasteiger partial charge in [-0.05, 0) is 11.6 Å². The summed E-state index contributed by atoms with van der Waals surface area (Å²) in [4.78, 5) is 0. The van der Waals surface area contributed by atoms with E-state index in [1.54, 1.807) is 12.3 Å². The van der Waals surface area contributed by atoms with Crippen LogP contribution in [0.25, 0.3) is 0 Å². The second kappa shape index (κ2) is 3.09. The molecule has 0 aliphatic carbocycles. The third-order valence-electron chi connectivity index (χ3n) is 2.93. The maximum absolute atomic E-state index is 9.42. The molecule has 0 saturated heterocycles. The van der Waals surface area contributed by atoms with E-state index in [2.05, 4.69) is 28.8 Å². The summed E-state index contributed by atoms with van der Waals surface area (Å²) in [5.74, 6) is 0.332. The van der Waals surface area contributed by atoms with Gasteiger partial charge in [0.25, 0.3) is 0 Å². The Kier molecular flexibility index (Phi) is 1.75. The molecule has 0 unspecified atom stereocenters. The van der Waals surface area contributed by atoms with E-state index in [0.29, 0.717) is 5.75 Å². The van der Waals surface area contributed by atoms with Crippen LogP contribution in [0, 0.1) is 0 Å². The number of rotatable bonds is 0. The van der Waals surface area contributed by atoms with Crippen LogP contribution in [0.2, 0.25) is 0 Å². The number of nitrogens with zero attached hydrogens (tertiary/aromatic N) is 1. The first-order chi connectivity index (χ1) is 7.33. The summed E-state index contributed by atoms with van der Waals surface area (Å²) in [5.41, 5.74) is 4.00. The third kappa shape index (κ3) is 1.38. The lowest BCUT2D eigenvalue weighted by Gasteiger charge is -2.13. The molecule has 0 amide bonds. The van der Waals surface area contributed by atoms with Crippen molar-refractivity contribution in [1.82, 2.24) is 0 Å². The number of aromatic nitrogens is 1. The Bertz CT molecular complexity index is 520. The van der Waals surface area contributed by atoms with Crippen molar-refractivity contribution >= 4 is 0 Å². The van der Waals surface area contributed by atoms with Crippen molar-refractivity contribution in [2.24, 2.45) is 0 Å². The first-order valence-electron chi connectivity index (χ1n) is 5.11. The molecule has 2 aromatic rings. The van der Waals surface area contributed by atoms with Gasteiger partial charge in [-0.3, -0.25) is 0 Å². The first-order valence-corrected chi connectivity index (χ1v) is 5.11. The van der Waals surface area contributed by atoms with Crippen LogP contribution < -0.4 is 4.57 Å². The largest absolute Gasteiger partial charge is 0.503 e. The zero-order chi connectivity index (χ0) is 10.3. The second-order valence-electron chi connectivity index (χ2n) is 3.95. The maximum Gasteiger partial charge on any atom is 0.211 e. The molecule has 2 nitrogen and oxygen atoms in total. The lowest BCUT2D eigenvalue weighted by atomic mass is 9.98. The van der Waals surface area contributed by atoms with Gasteiger partial charge in [0.15, 0.2) is 18.0 Å². The van der Waals surface area contributed by atoms with Gasteiger partial charge < -0.3 is 5.11 Å². The van der Waals surface area contributed by atoms with Gasteiger partial charge in [0.1, 0.15) is 0 Å². The highest BCUT2D eigenvalue weighted by Crippen LogP contribution is 2.18. The Labute approximate surface area is 88.4 Å². The summed E-state index contributed by atoms with van der Waals surface area (Å²) >= 11 is 0. The third-order valence-corrected chi connectivity index (χ3v) is 2.93. The number of pyridine rings is 1. The minimum atomic E-state index is 0.332. The van der Waals surface area contributed by atoms with Gasteiger partial charge >= 0.3 is 0 Å². The SMILES string of the molecule is Oc1ccc2[n+](c1)Cc1ccccc1C2. The second-order valence-corrected chi connectivity index (χ2v) is 3.95. The van der Waals surface area contributed by atoms with Gasteiger partial charge in [-0.15, -0.1) is 0 Å². The Balaban J connectivity index is 2.11. The number of hydrogen-bond acceptors (Lipinski definition) is 1. The molecule has 0 spiro atoms. The highest BCUT2D eigenvalue weighted by atomic mass is 16.3. The Morgan fingerprint density at radius 1 is 1.00 bits per heavy atom. The van der Waals surface area contributed by atoms with Crippen molar-refractivity contribution in [3.05, 3.63) is 59.4 Å². The van der Waals surface area contributed by atoms with Gasteiger partial charge in [0.05, 0.1) is 6.42 Å². The van der Waals surface area contributed by atoms with Gasteiger partial charge in [0, 0.05) is 11.6 Å². The first kappa shape index (κ1) is 8.48. The standard InChI is InChI=1S/C13H11NO/c15-13-6-5-12-7-10-3-1-2-4-11(10)8-14(12)9-13/h1-6,9H,7-8H2/p+1. The minimum absolute atomic E-state index is 0.332. The van der Waals surface area contributed by atoms with Crippen molar-refractivity contribution in [2.75, 3.05) is 0 Å². The van der Waals surface area contributed by atoms with E-state index in [0.717, 1.165) is 13.0 Å². The van der Waals surface area contributed by atoms with Crippen LogP contribution in [0.15, 0.2) is 42.6 Å². The van der Waals surface area contributed by atoms with Gasteiger partial charge in [-0.1, -0.05) is 24.3 Å². The van der Waals surface area contributed by atoms with E-state index in [9.17, 15) is 5.11 Å². The Morgan fingerprint density at radius 2 is 1.80 bits per heavy atom. The molecule has 0 fully saturated rings. The average molecular weight is 198 g/mol. The molecule has 0 atom stereocenters. The summed E-state index contributed by atoms with van der Waals surface area (Å²) in [5, 5.41) is 9.42. The molecule has 1 aliphatic heterocycles. The van der Waals surface area contributed by atoms with Crippen LogP contribution in [0.5, 0.6) is 5.75 Å². The van der Waals surface area contributed by atoms with Crippen LogP contribution in [-0.4, -0.2) is 5.11 Å². The molecule has 0 saturated carbocycles. The van der Waals surface area contributed by atoms with Crippen molar-refractivity contribution in [1.29, 1.82) is 0 Å². The zero-order valence-electron chi connectivity index (χ0n) is 8.35. The molecule has 2 heterocycles. The van der Waals surface area contributed by atoms with Crippen molar-refractivity contribution in [2.45, 2.75) is 13.0 Å².